The summed E-state index contributed by atoms with van der Waals surface area (Å²) >= 11 is 2.19. The van der Waals surface area contributed by atoms with Crippen molar-refractivity contribution in [3.05, 3.63) is 61.6 Å². The van der Waals surface area contributed by atoms with E-state index in [2.05, 4.69) is 33.0 Å². The molecule has 0 aliphatic carbocycles. The molecule has 9 heteroatoms. The summed E-state index contributed by atoms with van der Waals surface area (Å²) in [6.07, 6.45) is 1.37. The maximum absolute atomic E-state index is 14.2. The maximum Gasteiger partial charge on any atom is 0.305 e. The molecule has 1 aromatic heterocycles. The molecule has 0 amide bonds. The summed E-state index contributed by atoms with van der Waals surface area (Å²) in [6, 6.07) is 7.82. The summed E-state index contributed by atoms with van der Waals surface area (Å²) in [6.45, 7) is 1.90. The number of anilines is 2. The third-order valence-electron chi connectivity index (χ3n) is 3.94. The number of halogens is 2. The standard InChI is InChI=1S/C17H14FIN4O3/c1-9-5-10(19)3-4-14(9)21-15-7-13(18)16(23(25)26)6-11(15)12-8-20-22(2)17(12)24/h3-8,21,24H,1-2H3. The number of nitro groups is 1. The van der Waals surface area contributed by atoms with Crippen molar-refractivity contribution < 1.29 is 14.4 Å². The van der Waals surface area contributed by atoms with Crippen LogP contribution in [0.3, 0.4) is 0 Å². The first-order valence-corrected chi connectivity index (χ1v) is 8.58. The van der Waals surface area contributed by atoms with E-state index in [4.69, 9.17) is 0 Å². The molecule has 0 spiro atoms. The van der Waals surface area contributed by atoms with E-state index in [0.717, 1.165) is 27.0 Å². The highest BCUT2D eigenvalue weighted by atomic mass is 127. The Morgan fingerprint density at radius 3 is 2.58 bits per heavy atom. The first-order chi connectivity index (χ1) is 12.3. The highest BCUT2D eigenvalue weighted by Crippen LogP contribution is 2.39. The van der Waals surface area contributed by atoms with E-state index in [9.17, 15) is 19.6 Å². The van der Waals surface area contributed by atoms with Gasteiger partial charge in [-0.1, -0.05) is 0 Å². The second kappa shape index (κ2) is 6.90. The van der Waals surface area contributed by atoms with Crippen LogP contribution in [0.1, 0.15) is 5.56 Å². The number of nitrogens with zero attached hydrogens (tertiary/aromatic N) is 3. The molecule has 3 rings (SSSR count). The third-order valence-corrected chi connectivity index (χ3v) is 4.61. The number of nitro benzene ring substituents is 1. The second-order valence-electron chi connectivity index (χ2n) is 5.70. The number of nitrogens with one attached hydrogen (secondary N) is 1. The van der Waals surface area contributed by atoms with Gasteiger partial charge in [-0.15, -0.1) is 0 Å². The van der Waals surface area contributed by atoms with Gasteiger partial charge in [0.05, 0.1) is 22.4 Å². The van der Waals surface area contributed by atoms with Gasteiger partial charge in [0, 0.05) is 34.0 Å². The first-order valence-electron chi connectivity index (χ1n) is 7.50. The van der Waals surface area contributed by atoms with Gasteiger partial charge in [-0.25, -0.2) is 4.68 Å². The number of hydrogen-bond donors (Lipinski definition) is 2. The monoisotopic (exact) mass is 468 g/mol. The zero-order chi connectivity index (χ0) is 19.0. The van der Waals surface area contributed by atoms with Gasteiger partial charge in [0.2, 0.25) is 11.7 Å². The Hall–Kier alpha value is -2.69. The predicted octanol–water partition coefficient (Wildman–Crippen LogP) is 4.50. The lowest BCUT2D eigenvalue weighted by molar-refractivity contribution is -0.387. The molecule has 134 valence electrons. The van der Waals surface area contributed by atoms with Crippen LogP contribution in [0.15, 0.2) is 36.5 Å². The normalized spacial score (nSPS) is 10.8. The van der Waals surface area contributed by atoms with E-state index in [1.54, 1.807) is 0 Å². The first kappa shape index (κ1) is 18.1. The topological polar surface area (TPSA) is 93.2 Å². The summed E-state index contributed by atoms with van der Waals surface area (Å²) in [4.78, 5) is 10.3. The minimum Gasteiger partial charge on any atom is -0.493 e. The van der Waals surface area contributed by atoms with Crippen LogP contribution in [0.4, 0.5) is 21.5 Å². The van der Waals surface area contributed by atoms with Crippen LogP contribution < -0.4 is 5.32 Å². The smallest absolute Gasteiger partial charge is 0.305 e. The van der Waals surface area contributed by atoms with Crippen LogP contribution in [-0.4, -0.2) is 19.8 Å². The van der Waals surface area contributed by atoms with Crippen molar-refractivity contribution in [2.75, 3.05) is 5.32 Å². The molecule has 3 aromatic rings. The van der Waals surface area contributed by atoms with Crippen LogP contribution in [0, 0.1) is 26.4 Å². The summed E-state index contributed by atoms with van der Waals surface area (Å²) in [5, 5.41) is 28.3. The molecule has 2 aromatic carbocycles. The molecule has 0 saturated carbocycles. The number of aromatic nitrogens is 2. The van der Waals surface area contributed by atoms with Gasteiger partial charge in [-0.3, -0.25) is 10.1 Å². The summed E-state index contributed by atoms with van der Waals surface area (Å²) in [7, 11) is 1.53. The van der Waals surface area contributed by atoms with Crippen molar-refractivity contribution in [2.45, 2.75) is 6.92 Å². The molecule has 0 fully saturated rings. The highest BCUT2D eigenvalue weighted by molar-refractivity contribution is 14.1. The largest absolute Gasteiger partial charge is 0.493 e. The molecule has 0 unspecified atom stereocenters. The minimum atomic E-state index is -0.965. The van der Waals surface area contributed by atoms with Crippen LogP contribution in [-0.2, 0) is 7.05 Å². The predicted molar refractivity (Wildman–Crippen MR) is 104 cm³/mol. The molecule has 1 heterocycles. The van der Waals surface area contributed by atoms with Crippen LogP contribution in [0.2, 0.25) is 0 Å². The average molecular weight is 468 g/mol. The number of hydrogen-bond acceptors (Lipinski definition) is 5. The SMILES string of the molecule is Cc1cc(I)ccc1Nc1cc(F)c([N+](=O)[O-])cc1-c1cnn(C)c1O. The van der Waals surface area contributed by atoms with Crippen LogP contribution in [0.25, 0.3) is 11.1 Å². The van der Waals surface area contributed by atoms with Crippen LogP contribution >= 0.6 is 22.6 Å². The Kier molecular flexibility index (Phi) is 4.81. The van der Waals surface area contributed by atoms with Gasteiger partial charge >= 0.3 is 5.69 Å². The number of aryl methyl sites for hydroxylation is 2. The fourth-order valence-corrected chi connectivity index (χ4v) is 3.21. The molecule has 26 heavy (non-hydrogen) atoms. The Bertz CT molecular complexity index is 1020. The van der Waals surface area contributed by atoms with E-state index in [-0.39, 0.29) is 17.0 Å². The Labute approximate surface area is 161 Å². The fourth-order valence-electron chi connectivity index (χ4n) is 2.56. The van der Waals surface area contributed by atoms with Crippen molar-refractivity contribution in [1.82, 2.24) is 9.78 Å². The molecule has 0 radical (unpaired) electrons. The van der Waals surface area contributed by atoms with Gasteiger partial charge in [0.1, 0.15) is 0 Å². The molecule has 7 nitrogen and oxygen atoms in total. The van der Waals surface area contributed by atoms with Crippen molar-refractivity contribution in [3.63, 3.8) is 0 Å². The number of rotatable bonds is 4. The quantitative estimate of drug-likeness (QED) is 0.334. The zero-order valence-corrected chi connectivity index (χ0v) is 16.0. The van der Waals surface area contributed by atoms with Crippen molar-refractivity contribution in [1.29, 1.82) is 0 Å². The van der Waals surface area contributed by atoms with Crippen molar-refractivity contribution in [2.24, 2.45) is 7.05 Å². The molecule has 0 aliphatic rings. The zero-order valence-electron chi connectivity index (χ0n) is 13.8. The van der Waals surface area contributed by atoms with Gasteiger partial charge in [-0.2, -0.15) is 9.49 Å². The third kappa shape index (κ3) is 3.34. The minimum absolute atomic E-state index is 0.173. The van der Waals surface area contributed by atoms with E-state index in [1.165, 1.54) is 17.9 Å². The summed E-state index contributed by atoms with van der Waals surface area (Å²) in [5.74, 6) is -1.14. The summed E-state index contributed by atoms with van der Waals surface area (Å²) in [5.41, 5.74) is 1.82. The summed E-state index contributed by atoms with van der Waals surface area (Å²) < 4.78 is 16.5. The lowest BCUT2D eigenvalue weighted by atomic mass is 10.0. The fraction of sp³-hybridized carbons (Fsp3) is 0.118. The maximum atomic E-state index is 14.2. The van der Waals surface area contributed by atoms with Gasteiger partial charge in [0.15, 0.2) is 0 Å². The Morgan fingerprint density at radius 1 is 1.27 bits per heavy atom. The second-order valence-corrected chi connectivity index (χ2v) is 6.94. The molecule has 0 bridgehead atoms. The van der Waals surface area contributed by atoms with Gasteiger partial charge < -0.3 is 10.4 Å². The Morgan fingerprint density at radius 2 is 2.00 bits per heavy atom. The molecule has 0 aliphatic heterocycles. The number of aromatic hydroxyl groups is 1. The molecule has 0 atom stereocenters. The Balaban J connectivity index is 2.18. The van der Waals surface area contributed by atoms with Crippen LogP contribution in [0.5, 0.6) is 5.88 Å². The lowest BCUT2D eigenvalue weighted by Crippen LogP contribution is -2.00. The highest BCUT2D eigenvalue weighted by Gasteiger charge is 2.22. The van der Waals surface area contributed by atoms with Crippen molar-refractivity contribution >= 4 is 39.7 Å². The molecule has 0 saturated heterocycles. The number of benzene rings is 2. The van der Waals surface area contributed by atoms with E-state index in [1.807, 2.05) is 25.1 Å². The van der Waals surface area contributed by atoms with E-state index in [0.29, 0.717) is 5.69 Å². The lowest BCUT2D eigenvalue weighted by Gasteiger charge is -2.14. The molecular formula is C17H14FIN4O3. The van der Waals surface area contributed by atoms with E-state index >= 15 is 0 Å². The van der Waals surface area contributed by atoms with E-state index < -0.39 is 16.4 Å². The van der Waals surface area contributed by atoms with Gasteiger partial charge in [0.25, 0.3) is 0 Å². The molecule has 2 N–H and O–H groups in total. The molecular weight excluding hydrogens is 454 g/mol. The van der Waals surface area contributed by atoms with Gasteiger partial charge in [-0.05, 0) is 53.3 Å². The average Bonchev–Trinajstić information content (AvgIpc) is 2.89. The van der Waals surface area contributed by atoms with Crippen molar-refractivity contribution in [3.8, 4) is 17.0 Å².